The number of ether oxygens (including phenoxy) is 1. The van der Waals surface area contributed by atoms with Crippen molar-refractivity contribution in [3.05, 3.63) is 40.7 Å². The van der Waals surface area contributed by atoms with Gasteiger partial charge in [-0.1, -0.05) is 0 Å². The Bertz CT molecular complexity index is 620. The van der Waals surface area contributed by atoms with Gasteiger partial charge in [-0.2, -0.15) is 5.10 Å². The van der Waals surface area contributed by atoms with Crippen LogP contribution in [0.25, 0.3) is 0 Å². The molecule has 114 valence electrons. The van der Waals surface area contributed by atoms with Crippen LogP contribution in [-0.2, 0) is 13.1 Å². The van der Waals surface area contributed by atoms with Gasteiger partial charge in [0, 0.05) is 23.5 Å². The second-order valence-corrected chi connectivity index (χ2v) is 5.13. The first-order valence-electron chi connectivity index (χ1n) is 7.09. The van der Waals surface area contributed by atoms with Gasteiger partial charge in [-0.15, -0.1) is 0 Å². The number of rotatable bonds is 6. The van der Waals surface area contributed by atoms with Crippen LogP contribution in [0.15, 0.2) is 18.2 Å². The molecule has 1 heterocycles. The van der Waals surface area contributed by atoms with Crippen LogP contribution < -0.4 is 10.1 Å². The third kappa shape index (κ3) is 3.36. The van der Waals surface area contributed by atoms with Crippen LogP contribution in [0, 0.1) is 20.8 Å². The average molecular weight is 289 g/mol. The van der Waals surface area contributed by atoms with E-state index in [2.05, 4.69) is 17.3 Å². The number of aliphatic hydroxyl groups is 1. The van der Waals surface area contributed by atoms with E-state index in [0.29, 0.717) is 6.54 Å². The van der Waals surface area contributed by atoms with Crippen LogP contribution in [0.3, 0.4) is 0 Å². The molecule has 2 N–H and O–H groups in total. The molecule has 0 aliphatic rings. The zero-order valence-electron chi connectivity index (χ0n) is 13.1. The van der Waals surface area contributed by atoms with Crippen LogP contribution in [0.4, 0.5) is 5.69 Å². The minimum Gasteiger partial charge on any atom is -0.497 e. The third-order valence-corrected chi connectivity index (χ3v) is 3.73. The molecule has 0 bridgehead atoms. The Labute approximate surface area is 125 Å². The summed E-state index contributed by atoms with van der Waals surface area (Å²) in [4.78, 5) is 0. The Balaban J connectivity index is 2.13. The summed E-state index contributed by atoms with van der Waals surface area (Å²) in [6.07, 6.45) is 0. The second kappa shape index (κ2) is 6.63. The summed E-state index contributed by atoms with van der Waals surface area (Å²) in [5, 5.41) is 17.0. The van der Waals surface area contributed by atoms with Gasteiger partial charge in [0.25, 0.3) is 0 Å². The largest absolute Gasteiger partial charge is 0.497 e. The molecule has 5 heteroatoms. The molecular weight excluding hydrogens is 266 g/mol. The average Bonchev–Trinajstić information content (AvgIpc) is 2.73. The molecule has 0 amide bonds. The predicted octanol–water partition coefficient (Wildman–Crippen LogP) is 2.42. The Hall–Kier alpha value is -2.01. The zero-order chi connectivity index (χ0) is 15.4. The summed E-state index contributed by atoms with van der Waals surface area (Å²) in [6.45, 7) is 7.45. The minimum absolute atomic E-state index is 0.104. The van der Waals surface area contributed by atoms with Crippen molar-refractivity contribution in [2.24, 2.45) is 0 Å². The van der Waals surface area contributed by atoms with Crippen LogP contribution in [0.5, 0.6) is 5.75 Å². The highest BCUT2D eigenvalue weighted by molar-refractivity contribution is 5.54. The Morgan fingerprint density at radius 1 is 1.29 bits per heavy atom. The molecule has 1 aromatic carbocycles. The fourth-order valence-electron chi connectivity index (χ4n) is 2.45. The van der Waals surface area contributed by atoms with Crippen LogP contribution in [0.2, 0.25) is 0 Å². The summed E-state index contributed by atoms with van der Waals surface area (Å²) >= 11 is 0. The highest BCUT2D eigenvalue weighted by Gasteiger charge is 2.11. The van der Waals surface area contributed by atoms with E-state index in [1.165, 1.54) is 5.56 Å². The van der Waals surface area contributed by atoms with Gasteiger partial charge in [-0.25, -0.2) is 0 Å². The lowest BCUT2D eigenvalue weighted by Gasteiger charge is -2.11. The number of nitrogens with one attached hydrogen (secondary N) is 1. The second-order valence-electron chi connectivity index (χ2n) is 5.13. The van der Waals surface area contributed by atoms with Crippen molar-refractivity contribution >= 4 is 5.69 Å². The van der Waals surface area contributed by atoms with Gasteiger partial charge >= 0.3 is 0 Å². The van der Waals surface area contributed by atoms with Gasteiger partial charge < -0.3 is 15.2 Å². The number of aliphatic hydroxyl groups excluding tert-OH is 1. The first-order chi connectivity index (χ1) is 10.1. The smallest absolute Gasteiger partial charge is 0.119 e. The third-order valence-electron chi connectivity index (χ3n) is 3.73. The number of benzene rings is 1. The van der Waals surface area contributed by atoms with Gasteiger partial charge in [0.15, 0.2) is 0 Å². The summed E-state index contributed by atoms with van der Waals surface area (Å²) in [6, 6.07) is 5.98. The van der Waals surface area contributed by atoms with Gasteiger partial charge in [0.1, 0.15) is 5.75 Å². The van der Waals surface area contributed by atoms with E-state index in [9.17, 15) is 0 Å². The monoisotopic (exact) mass is 289 g/mol. The molecule has 21 heavy (non-hydrogen) atoms. The lowest BCUT2D eigenvalue weighted by molar-refractivity contribution is 0.268. The number of methoxy groups -OCH3 is 1. The molecule has 0 unspecified atom stereocenters. The quantitative estimate of drug-likeness (QED) is 0.857. The highest BCUT2D eigenvalue weighted by atomic mass is 16.5. The minimum atomic E-state index is 0.104. The normalized spacial score (nSPS) is 10.7. The van der Waals surface area contributed by atoms with Crippen molar-refractivity contribution < 1.29 is 9.84 Å². The van der Waals surface area contributed by atoms with Gasteiger partial charge in [0.05, 0.1) is 26.0 Å². The standard InChI is InChI=1S/C16H23N3O2/c1-11-9-14(21-4)5-6-16(11)17-10-15-12(2)18-19(7-8-20)13(15)3/h5-6,9,17,20H,7-8,10H2,1-4H3. The number of anilines is 1. The lowest BCUT2D eigenvalue weighted by atomic mass is 10.1. The summed E-state index contributed by atoms with van der Waals surface area (Å²) in [5.74, 6) is 0.862. The number of hydrogen-bond donors (Lipinski definition) is 2. The fraction of sp³-hybridized carbons (Fsp3) is 0.438. The predicted molar refractivity (Wildman–Crippen MR) is 83.8 cm³/mol. The SMILES string of the molecule is COc1ccc(NCc2c(C)nn(CCO)c2C)c(C)c1. The maximum Gasteiger partial charge on any atom is 0.119 e. The van der Waals surface area contributed by atoms with Crippen LogP contribution >= 0.6 is 0 Å². The molecule has 0 fully saturated rings. The molecular formula is C16H23N3O2. The van der Waals surface area contributed by atoms with Crippen molar-refractivity contribution in [2.45, 2.75) is 33.9 Å². The Kier molecular flexibility index (Phi) is 4.85. The molecule has 0 atom stereocenters. The van der Waals surface area contributed by atoms with E-state index in [4.69, 9.17) is 9.84 Å². The highest BCUT2D eigenvalue weighted by Crippen LogP contribution is 2.22. The lowest BCUT2D eigenvalue weighted by Crippen LogP contribution is -2.07. The summed E-state index contributed by atoms with van der Waals surface area (Å²) in [5.41, 5.74) is 5.51. The molecule has 0 saturated heterocycles. The van der Waals surface area contributed by atoms with E-state index in [-0.39, 0.29) is 6.61 Å². The molecule has 2 rings (SSSR count). The van der Waals surface area contributed by atoms with Crippen molar-refractivity contribution in [1.29, 1.82) is 0 Å². The Morgan fingerprint density at radius 3 is 2.67 bits per heavy atom. The Morgan fingerprint density at radius 2 is 2.05 bits per heavy atom. The summed E-state index contributed by atoms with van der Waals surface area (Å²) < 4.78 is 7.07. The van der Waals surface area contributed by atoms with Crippen molar-refractivity contribution in [3.8, 4) is 5.75 Å². The van der Waals surface area contributed by atoms with Gasteiger partial charge in [0.2, 0.25) is 0 Å². The van der Waals surface area contributed by atoms with Crippen LogP contribution in [-0.4, -0.2) is 28.6 Å². The van der Waals surface area contributed by atoms with E-state index in [1.807, 2.05) is 36.7 Å². The molecule has 1 aromatic heterocycles. The molecule has 0 aliphatic carbocycles. The van der Waals surface area contributed by atoms with Crippen LogP contribution in [0.1, 0.15) is 22.5 Å². The van der Waals surface area contributed by atoms with Crippen molar-refractivity contribution in [2.75, 3.05) is 19.0 Å². The molecule has 5 nitrogen and oxygen atoms in total. The maximum atomic E-state index is 9.05. The molecule has 0 aliphatic heterocycles. The van der Waals surface area contributed by atoms with E-state index in [1.54, 1.807) is 7.11 Å². The molecule has 0 radical (unpaired) electrons. The first kappa shape index (κ1) is 15.4. The number of aromatic nitrogens is 2. The zero-order valence-corrected chi connectivity index (χ0v) is 13.1. The van der Waals surface area contributed by atoms with E-state index >= 15 is 0 Å². The summed E-state index contributed by atoms with van der Waals surface area (Å²) in [7, 11) is 1.67. The number of nitrogens with zero attached hydrogens (tertiary/aromatic N) is 2. The van der Waals surface area contributed by atoms with E-state index < -0.39 is 0 Å². The number of hydrogen-bond acceptors (Lipinski definition) is 4. The molecule has 0 saturated carbocycles. The van der Waals surface area contributed by atoms with Gasteiger partial charge in [-0.05, 0) is 44.5 Å². The molecule has 0 spiro atoms. The van der Waals surface area contributed by atoms with Gasteiger partial charge in [-0.3, -0.25) is 4.68 Å². The number of aryl methyl sites for hydroxylation is 2. The van der Waals surface area contributed by atoms with E-state index in [0.717, 1.165) is 34.9 Å². The maximum absolute atomic E-state index is 9.05. The fourth-order valence-corrected chi connectivity index (χ4v) is 2.45. The topological polar surface area (TPSA) is 59.3 Å². The van der Waals surface area contributed by atoms with Crippen molar-refractivity contribution in [3.63, 3.8) is 0 Å². The first-order valence-corrected chi connectivity index (χ1v) is 7.09. The van der Waals surface area contributed by atoms with Crippen molar-refractivity contribution in [1.82, 2.24) is 9.78 Å². The molecule has 2 aromatic rings.